The van der Waals surface area contributed by atoms with Crippen LogP contribution >= 0.6 is 0 Å². The van der Waals surface area contributed by atoms with Crippen molar-refractivity contribution in [3.05, 3.63) is 65.4 Å². The Labute approximate surface area is 177 Å². The van der Waals surface area contributed by atoms with Gasteiger partial charge in [-0.15, -0.1) is 0 Å². The van der Waals surface area contributed by atoms with Gasteiger partial charge in [-0.1, -0.05) is 51.0 Å². The van der Waals surface area contributed by atoms with Crippen molar-refractivity contribution in [2.24, 2.45) is 11.8 Å². The van der Waals surface area contributed by atoms with E-state index in [1.165, 1.54) is 6.42 Å². The second-order valence-corrected chi connectivity index (χ2v) is 8.41. The largest absolute Gasteiger partial charge is 0.449 e. The van der Waals surface area contributed by atoms with Crippen molar-refractivity contribution >= 4 is 23.6 Å². The Balaban J connectivity index is 1.47. The third-order valence-electron chi connectivity index (χ3n) is 6.46. The van der Waals surface area contributed by atoms with Crippen molar-refractivity contribution in [3.63, 3.8) is 0 Å². The fourth-order valence-electron chi connectivity index (χ4n) is 4.27. The Bertz CT molecular complexity index is 980. The molecule has 0 aromatic heterocycles. The van der Waals surface area contributed by atoms with Gasteiger partial charge in [-0.2, -0.15) is 0 Å². The lowest BCUT2D eigenvalue weighted by Crippen LogP contribution is -2.43. The molecule has 1 aliphatic heterocycles. The SMILES string of the molecule is C[C@H]1[C@H](C)CCC[C@@H]1NC(=O)c1ccc(/C=C2\Oc3ccccc3N(C)C2=O)cc1. The molecule has 1 saturated carbocycles. The summed E-state index contributed by atoms with van der Waals surface area (Å²) in [4.78, 5) is 26.9. The number of anilines is 1. The minimum absolute atomic E-state index is 0.0428. The molecule has 30 heavy (non-hydrogen) atoms. The van der Waals surface area contributed by atoms with E-state index in [2.05, 4.69) is 19.2 Å². The van der Waals surface area contributed by atoms with E-state index in [1.807, 2.05) is 36.4 Å². The quantitative estimate of drug-likeness (QED) is 0.759. The monoisotopic (exact) mass is 404 g/mol. The Morgan fingerprint density at radius 2 is 1.83 bits per heavy atom. The third kappa shape index (κ3) is 3.97. The van der Waals surface area contributed by atoms with Crippen LogP contribution in [0.3, 0.4) is 0 Å². The van der Waals surface area contributed by atoms with Gasteiger partial charge in [0.05, 0.1) is 5.69 Å². The molecule has 0 bridgehead atoms. The van der Waals surface area contributed by atoms with Gasteiger partial charge in [0.1, 0.15) is 0 Å². The van der Waals surface area contributed by atoms with Crippen molar-refractivity contribution in [3.8, 4) is 5.75 Å². The van der Waals surface area contributed by atoms with Gasteiger partial charge in [0.15, 0.2) is 11.5 Å². The molecule has 5 nitrogen and oxygen atoms in total. The Morgan fingerprint density at radius 1 is 1.10 bits per heavy atom. The van der Waals surface area contributed by atoms with Crippen LogP contribution in [0.1, 0.15) is 49.0 Å². The van der Waals surface area contributed by atoms with Gasteiger partial charge in [-0.25, -0.2) is 0 Å². The Kier molecular flexibility index (Phi) is 5.62. The molecule has 1 N–H and O–H groups in total. The average Bonchev–Trinajstić information content (AvgIpc) is 2.75. The number of ether oxygens (including phenoxy) is 1. The van der Waals surface area contributed by atoms with Crippen molar-refractivity contribution in [1.29, 1.82) is 0 Å². The summed E-state index contributed by atoms with van der Waals surface area (Å²) < 4.78 is 5.81. The predicted molar refractivity (Wildman–Crippen MR) is 118 cm³/mol. The molecule has 0 radical (unpaired) electrons. The van der Waals surface area contributed by atoms with Crippen molar-refractivity contribution < 1.29 is 14.3 Å². The molecule has 0 spiro atoms. The zero-order valence-corrected chi connectivity index (χ0v) is 17.7. The van der Waals surface area contributed by atoms with Crippen LogP contribution in [-0.4, -0.2) is 24.9 Å². The van der Waals surface area contributed by atoms with Crippen LogP contribution in [0.5, 0.6) is 5.75 Å². The Hall–Kier alpha value is -3.08. The van der Waals surface area contributed by atoms with E-state index in [0.29, 0.717) is 23.1 Å². The van der Waals surface area contributed by atoms with Crippen molar-refractivity contribution in [2.45, 2.75) is 39.2 Å². The molecule has 2 aromatic rings. The van der Waals surface area contributed by atoms with Gasteiger partial charge in [0.25, 0.3) is 11.8 Å². The number of nitrogens with one attached hydrogen (secondary N) is 1. The first kappa shape index (κ1) is 20.2. The molecule has 3 atom stereocenters. The van der Waals surface area contributed by atoms with Gasteiger partial charge in [-0.05, 0) is 54.2 Å². The van der Waals surface area contributed by atoms with E-state index in [4.69, 9.17) is 4.74 Å². The number of carbonyl (C=O) groups excluding carboxylic acids is 2. The molecule has 2 aromatic carbocycles. The highest BCUT2D eigenvalue weighted by Crippen LogP contribution is 2.34. The van der Waals surface area contributed by atoms with Crippen molar-refractivity contribution in [1.82, 2.24) is 5.32 Å². The molecule has 156 valence electrons. The summed E-state index contributed by atoms with van der Waals surface area (Å²) >= 11 is 0. The molecular weight excluding hydrogens is 376 g/mol. The second-order valence-electron chi connectivity index (χ2n) is 8.41. The van der Waals surface area contributed by atoms with Gasteiger partial charge >= 0.3 is 0 Å². The summed E-state index contributed by atoms with van der Waals surface area (Å²) in [6, 6.07) is 14.9. The molecule has 5 heteroatoms. The molecule has 4 rings (SSSR count). The lowest BCUT2D eigenvalue weighted by atomic mass is 9.78. The molecule has 2 aliphatic rings. The molecule has 1 heterocycles. The summed E-state index contributed by atoms with van der Waals surface area (Å²) in [6.45, 7) is 4.48. The summed E-state index contributed by atoms with van der Waals surface area (Å²) in [6.07, 6.45) is 5.14. The van der Waals surface area contributed by atoms with Crippen LogP contribution < -0.4 is 15.0 Å². The maximum absolute atomic E-state index is 12.7. The van der Waals surface area contributed by atoms with Gasteiger partial charge < -0.3 is 15.0 Å². The van der Waals surface area contributed by atoms with Crippen LogP contribution in [-0.2, 0) is 4.79 Å². The first-order valence-corrected chi connectivity index (χ1v) is 10.6. The van der Waals surface area contributed by atoms with E-state index in [-0.39, 0.29) is 23.6 Å². The highest BCUT2D eigenvalue weighted by Gasteiger charge is 2.29. The van der Waals surface area contributed by atoms with Crippen LogP contribution in [0.2, 0.25) is 0 Å². The smallest absolute Gasteiger partial charge is 0.293 e. The van der Waals surface area contributed by atoms with Crippen LogP contribution in [0.25, 0.3) is 6.08 Å². The summed E-state index contributed by atoms with van der Waals surface area (Å²) in [7, 11) is 1.73. The fraction of sp³-hybridized carbons (Fsp3) is 0.360. The summed E-state index contributed by atoms with van der Waals surface area (Å²) in [5.41, 5.74) is 2.18. The van der Waals surface area contributed by atoms with Gasteiger partial charge in [0.2, 0.25) is 0 Å². The number of amides is 2. The maximum atomic E-state index is 12.7. The van der Waals surface area contributed by atoms with E-state index in [9.17, 15) is 9.59 Å². The van der Waals surface area contributed by atoms with Crippen molar-refractivity contribution in [2.75, 3.05) is 11.9 Å². The lowest BCUT2D eigenvalue weighted by molar-refractivity contribution is -0.117. The third-order valence-corrected chi connectivity index (χ3v) is 6.46. The van der Waals surface area contributed by atoms with E-state index in [0.717, 1.165) is 24.1 Å². The molecule has 1 fully saturated rings. The number of likely N-dealkylation sites (N-methyl/N-ethyl adjacent to an activating group) is 1. The number of hydrogen-bond donors (Lipinski definition) is 1. The minimum Gasteiger partial charge on any atom is -0.449 e. The molecule has 0 saturated heterocycles. The standard InChI is InChI=1S/C25H28N2O3/c1-16-7-6-8-20(17(16)2)26-24(28)19-13-11-18(12-14-19)15-23-25(29)27(3)21-9-4-5-10-22(21)30-23/h4-5,9-17,20H,6-8H2,1-3H3,(H,26,28)/b23-15-/t16-,17+,20+/m1/s1. The number of rotatable bonds is 3. The number of para-hydroxylation sites is 2. The van der Waals surface area contributed by atoms with Gasteiger partial charge in [0, 0.05) is 18.7 Å². The number of nitrogens with zero attached hydrogens (tertiary/aromatic N) is 1. The first-order chi connectivity index (χ1) is 14.4. The second kappa shape index (κ2) is 8.34. The number of carbonyl (C=O) groups is 2. The van der Waals surface area contributed by atoms with Crippen LogP contribution in [0.4, 0.5) is 5.69 Å². The highest BCUT2D eigenvalue weighted by atomic mass is 16.5. The van der Waals surface area contributed by atoms with Crippen LogP contribution in [0.15, 0.2) is 54.3 Å². The zero-order valence-electron chi connectivity index (χ0n) is 17.7. The van der Waals surface area contributed by atoms with Gasteiger partial charge in [-0.3, -0.25) is 9.59 Å². The summed E-state index contributed by atoms with van der Waals surface area (Å²) in [5.74, 6) is 1.79. The maximum Gasteiger partial charge on any atom is 0.293 e. The van der Waals surface area contributed by atoms with E-state index < -0.39 is 0 Å². The topological polar surface area (TPSA) is 58.6 Å². The fourth-order valence-corrected chi connectivity index (χ4v) is 4.27. The normalized spacial score (nSPS) is 24.9. The Morgan fingerprint density at radius 3 is 2.60 bits per heavy atom. The molecule has 1 aliphatic carbocycles. The number of hydrogen-bond acceptors (Lipinski definition) is 3. The van der Waals surface area contributed by atoms with Crippen LogP contribution in [0, 0.1) is 11.8 Å². The number of fused-ring (bicyclic) bond motifs is 1. The molecule has 0 unspecified atom stereocenters. The molecular formula is C25H28N2O3. The summed E-state index contributed by atoms with van der Waals surface area (Å²) in [5, 5.41) is 3.20. The minimum atomic E-state index is -0.198. The van der Waals surface area contributed by atoms with E-state index >= 15 is 0 Å². The lowest BCUT2D eigenvalue weighted by Gasteiger charge is -2.34. The van der Waals surface area contributed by atoms with E-state index in [1.54, 1.807) is 30.2 Å². The highest BCUT2D eigenvalue weighted by molar-refractivity contribution is 6.09. The average molecular weight is 405 g/mol. The number of benzene rings is 2. The first-order valence-electron chi connectivity index (χ1n) is 10.6. The zero-order chi connectivity index (χ0) is 21.3. The predicted octanol–water partition coefficient (Wildman–Crippen LogP) is 4.64. The molecule has 2 amide bonds.